The first kappa shape index (κ1) is 13.1. The van der Waals surface area contributed by atoms with Crippen molar-refractivity contribution in [2.24, 2.45) is 0 Å². The highest BCUT2D eigenvalue weighted by Crippen LogP contribution is 2.18. The number of nitrogens with one attached hydrogen (secondary N) is 1. The number of nitrogens with zero attached hydrogens (tertiary/aromatic N) is 1. The lowest BCUT2D eigenvalue weighted by molar-refractivity contribution is 0.327. The second-order valence-corrected chi connectivity index (χ2v) is 6.64. The van der Waals surface area contributed by atoms with E-state index in [0.29, 0.717) is 18.2 Å². The fourth-order valence-corrected chi connectivity index (χ4v) is 3.71. The molecule has 0 spiro atoms. The van der Waals surface area contributed by atoms with Crippen molar-refractivity contribution in [3.8, 4) is 5.88 Å². The summed E-state index contributed by atoms with van der Waals surface area (Å²) in [5, 5.41) is 3.21. The summed E-state index contributed by atoms with van der Waals surface area (Å²) in [6, 6.07) is 3.63. The monoisotopic (exact) mass is 270 g/mol. The Morgan fingerprint density at radius 1 is 1.50 bits per heavy atom. The van der Waals surface area contributed by atoms with Gasteiger partial charge in [-0.1, -0.05) is 0 Å². The average molecular weight is 270 g/mol. The van der Waals surface area contributed by atoms with Crippen molar-refractivity contribution in [3.05, 3.63) is 18.3 Å². The Labute approximate surface area is 107 Å². The maximum Gasteiger partial charge on any atom is 0.213 e. The molecule has 1 fully saturated rings. The molecule has 100 valence electrons. The van der Waals surface area contributed by atoms with Gasteiger partial charge in [-0.15, -0.1) is 0 Å². The predicted molar refractivity (Wildman–Crippen MR) is 70.7 cm³/mol. The molecule has 2 rings (SSSR count). The third kappa shape index (κ3) is 3.60. The number of sulfone groups is 1. The zero-order valence-electron chi connectivity index (χ0n) is 10.4. The van der Waals surface area contributed by atoms with Crippen LogP contribution in [0.15, 0.2) is 18.3 Å². The second kappa shape index (κ2) is 5.56. The van der Waals surface area contributed by atoms with E-state index in [1.807, 2.05) is 13.0 Å². The minimum Gasteiger partial charge on any atom is -0.478 e. The quantitative estimate of drug-likeness (QED) is 0.897. The molecule has 1 N–H and O–H groups in total. The molecule has 1 aromatic heterocycles. The summed E-state index contributed by atoms with van der Waals surface area (Å²) in [7, 11) is -2.88. The molecule has 18 heavy (non-hydrogen) atoms. The highest BCUT2D eigenvalue weighted by atomic mass is 32.2. The third-order valence-corrected chi connectivity index (χ3v) is 4.68. The van der Waals surface area contributed by atoms with Crippen molar-refractivity contribution in [1.29, 1.82) is 0 Å². The number of anilines is 1. The van der Waals surface area contributed by atoms with Crippen LogP contribution in [0.1, 0.15) is 19.8 Å². The first-order chi connectivity index (χ1) is 8.59. The fraction of sp³-hybridized carbons (Fsp3) is 0.583. The molecule has 0 radical (unpaired) electrons. The van der Waals surface area contributed by atoms with Gasteiger partial charge in [0.1, 0.15) is 0 Å². The topological polar surface area (TPSA) is 68.3 Å². The van der Waals surface area contributed by atoms with E-state index in [1.54, 1.807) is 12.3 Å². The van der Waals surface area contributed by atoms with E-state index in [4.69, 9.17) is 4.74 Å². The molecule has 6 heteroatoms. The zero-order valence-corrected chi connectivity index (χ0v) is 11.2. The maximum absolute atomic E-state index is 11.5. The van der Waals surface area contributed by atoms with Crippen molar-refractivity contribution in [3.63, 3.8) is 0 Å². The van der Waals surface area contributed by atoms with Gasteiger partial charge in [-0.3, -0.25) is 0 Å². The maximum atomic E-state index is 11.5. The van der Waals surface area contributed by atoms with Gasteiger partial charge < -0.3 is 10.1 Å². The van der Waals surface area contributed by atoms with Crippen LogP contribution in [0.25, 0.3) is 0 Å². The summed E-state index contributed by atoms with van der Waals surface area (Å²) in [5.74, 6) is 1.10. The van der Waals surface area contributed by atoms with Crippen LogP contribution in [-0.2, 0) is 9.84 Å². The molecule has 0 aliphatic carbocycles. The summed E-state index contributed by atoms with van der Waals surface area (Å²) < 4.78 is 28.3. The van der Waals surface area contributed by atoms with Gasteiger partial charge in [0.05, 0.1) is 30.0 Å². The van der Waals surface area contributed by atoms with E-state index in [2.05, 4.69) is 10.3 Å². The van der Waals surface area contributed by atoms with E-state index in [1.165, 1.54) is 0 Å². The van der Waals surface area contributed by atoms with E-state index in [9.17, 15) is 8.42 Å². The van der Waals surface area contributed by atoms with Gasteiger partial charge in [-0.05, 0) is 25.8 Å². The van der Waals surface area contributed by atoms with Crippen LogP contribution in [0.4, 0.5) is 5.69 Å². The second-order valence-electron chi connectivity index (χ2n) is 4.42. The van der Waals surface area contributed by atoms with Crippen LogP contribution in [0.2, 0.25) is 0 Å². The molecule has 2 heterocycles. The third-order valence-electron chi connectivity index (χ3n) is 2.86. The molecule has 1 aliphatic heterocycles. The van der Waals surface area contributed by atoms with Gasteiger partial charge in [0.25, 0.3) is 0 Å². The molecular weight excluding hydrogens is 252 g/mol. The van der Waals surface area contributed by atoms with Gasteiger partial charge in [0.15, 0.2) is 9.84 Å². The van der Waals surface area contributed by atoms with E-state index < -0.39 is 9.84 Å². The highest BCUT2D eigenvalue weighted by Gasteiger charge is 2.24. The van der Waals surface area contributed by atoms with Crippen LogP contribution in [-0.4, -0.2) is 37.6 Å². The summed E-state index contributed by atoms with van der Waals surface area (Å²) in [4.78, 5) is 4.14. The van der Waals surface area contributed by atoms with E-state index >= 15 is 0 Å². The molecular formula is C12H18N2O3S. The van der Waals surface area contributed by atoms with Gasteiger partial charge in [-0.25, -0.2) is 13.4 Å². The summed E-state index contributed by atoms with van der Waals surface area (Å²) in [6.07, 6.45) is 3.28. The molecule has 1 atom stereocenters. The van der Waals surface area contributed by atoms with Crippen molar-refractivity contribution in [2.75, 3.05) is 23.4 Å². The lowest BCUT2D eigenvalue weighted by atomic mass is 10.2. The Bertz CT molecular complexity index is 485. The van der Waals surface area contributed by atoms with Crippen LogP contribution in [0.5, 0.6) is 5.88 Å². The first-order valence-corrected chi connectivity index (χ1v) is 7.97. The Balaban J connectivity index is 1.96. The lowest BCUT2D eigenvalue weighted by Crippen LogP contribution is -2.34. The largest absolute Gasteiger partial charge is 0.478 e. The van der Waals surface area contributed by atoms with Crippen molar-refractivity contribution >= 4 is 15.5 Å². The molecule has 1 aromatic rings. The smallest absolute Gasteiger partial charge is 0.213 e. The molecule has 0 bridgehead atoms. The molecule has 1 aliphatic rings. The average Bonchev–Trinajstić information content (AvgIpc) is 2.31. The Morgan fingerprint density at radius 3 is 2.94 bits per heavy atom. The van der Waals surface area contributed by atoms with Crippen LogP contribution in [0.3, 0.4) is 0 Å². The molecule has 1 saturated heterocycles. The molecule has 0 aromatic carbocycles. The molecule has 1 unspecified atom stereocenters. The number of pyridine rings is 1. The zero-order chi connectivity index (χ0) is 13.0. The summed E-state index contributed by atoms with van der Waals surface area (Å²) in [5.41, 5.74) is 0.834. The van der Waals surface area contributed by atoms with Crippen LogP contribution in [0, 0.1) is 0 Å². The van der Waals surface area contributed by atoms with E-state index in [0.717, 1.165) is 18.5 Å². The van der Waals surface area contributed by atoms with Crippen LogP contribution < -0.4 is 10.1 Å². The number of rotatable bonds is 4. The van der Waals surface area contributed by atoms with Gasteiger partial charge in [-0.2, -0.15) is 0 Å². The minimum atomic E-state index is -2.88. The van der Waals surface area contributed by atoms with Crippen LogP contribution >= 0.6 is 0 Å². The fourth-order valence-electron chi connectivity index (χ4n) is 2.07. The number of ether oxygens (including phenoxy) is 1. The summed E-state index contributed by atoms with van der Waals surface area (Å²) in [6.45, 7) is 2.49. The Hall–Kier alpha value is -1.30. The van der Waals surface area contributed by atoms with E-state index in [-0.39, 0.29) is 11.8 Å². The van der Waals surface area contributed by atoms with Gasteiger partial charge in [0.2, 0.25) is 5.88 Å². The number of aromatic nitrogens is 1. The molecule has 0 amide bonds. The standard InChI is InChI=1S/C12H18N2O3S/c1-2-17-12-6-5-10(8-13-12)14-11-4-3-7-18(15,16)9-11/h5-6,8,11,14H,2-4,7,9H2,1H3. The van der Waals surface area contributed by atoms with Crippen molar-refractivity contribution < 1.29 is 13.2 Å². The van der Waals surface area contributed by atoms with Gasteiger partial charge >= 0.3 is 0 Å². The minimum absolute atomic E-state index is 0.0107. The SMILES string of the molecule is CCOc1ccc(NC2CCCS(=O)(=O)C2)cn1. The lowest BCUT2D eigenvalue weighted by Gasteiger charge is -2.23. The molecule has 0 saturated carbocycles. The predicted octanol–water partition coefficient (Wildman–Crippen LogP) is 1.47. The summed E-state index contributed by atoms with van der Waals surface area (Å²) >= 11 is 0. The Kier molecular flexibility index (Phi) is 4.06. The van der Waals surface area contributed by atoms with Crippen molar-refractivity contribution in [2.45, 2.75) is 25.8 Å². The normalized spacial score (nSPS) is 22.4. The first-order valence-electron chi connectivity index (χ1n) is 6.15. The Morgan fingerprint density at radius 2 is 2.33 bits per heavy atom. The number of hydrogen-bond donors (Lipinski definition) is 1. The number of hydrogen-bond acceptors (Lipinski definition) is 5. The molecule has 5 nitrogen and oxygen atoms in total. The highest BCUT2D eigenvalue weighted by molar-refractivity contribution is 7.91. The van der Waals surface area contributed by atoms with Gasteiger partial charge in [0, 0.05) is 12.1 Å². The van der Waals surface area contributed by atoms with Crippen molar-refractivity contribution in [1.82, 2.24) is 4.98 Å².